The maximum atomic E-state index is 11.2. The summed E-state index contributed by atoms with van der Waals surface area (Å²) >= 11 is 7.40. The number of carbonyl (C=O) groups is 1. The number of carbonyl (C=O) groups excluding carboxylic acids is 1. The van der Waals surface area contributed by atoms with Gasteiger partial charge in [-0.15, -0.1) is 0 Å². The number of nitrogens with zero attached hydrogens (tertiary/aromatic N) is 3. The summed E-state index contributed by atoms with van der Waals surface area (Å²) in [4.78, 5) is 25.0. The molecule has 14 heteroatoms. The van der Waals surface area contributed by atoms with Crippen LogP contribution in [0.15, 0.2) is 30.6 Å². The summed E-state index contributed by atoms with van der Waals surface area (Å²) in [7, 11) is -1.57. The maximum absolute atomic E-state index is 11.2. The van der Waals surface area contributed by atoms with Crippen molar-refractivity contribution in [2.24, 2.45) is 5.92 Å². The molecule has 3 heterocycles. The molecule has 0 aliphatic carbocycles. The van der Waals surface area contributed by atoms with Gasteiger partial charge in [0.05, 0.1) is 25.4 Å². The molecule has 1 aromatic carbocycles. The van der Waals surface area contributed by atoms with Gasteiger partial charge in [-0.2, -0.15) is 4.83 Å². The molecule has 2 aliphatic rings. The van der Waals surface area contributed by atoms with E-state index in [1.165, 1.54) is 18.3 Å². The molecule has 35 heavy (non-hydrogen) atoms. The summed E-state index contributed by atoms with van der Waals surface area (Å²) in [5, 5.41) is 7.05. The number of nitrogens with one attached hydrogen (secondary N) is 4. The molecule has 0 bridgehead atoms. The van der Waals surface area contributed by atoms with Crippen molar-refractivity contribution in [2.45, 2.75) is 38.6 Å². The van der Waals surface area contributed by atoms with Crippen molar-refractivity contribution in [1.29, 1.82) is 0 Å². The van der Waals surface area contributed by atoms with E-state index < -0.39 is 14.6 Å². The van der Waals surface area contributed by atoms with Crippen LogP contribution in [0, 0.1) is 5.92 Å². The fraction of sp³-hybridized carbons (Fsp3) is 0.476. The van der Waals surface area contributed by atoms with Gasteiger partial charge in [0, 0.05) is 10.9 Å². The average Bonchev–Trinajstić information content (AvgIpc) is 3.45. The normalized spacial score (nSPS) is 22.9. The number of halogens is 1. The smallest absolute Gasteiger partial charge is 0.318 e. The van der Waals surface area contributed by atoms with Crippen molar-refractivity contribution >= 4 is 55.7 Å². The molecular formula is C21H29ClN7O4PS. The summed E-state index contributed by atoms with van der Waals surface area (Å²) in [5.41, 5.74) is 3.89. The first-order valence-corrected chi connectivity index (χ1v) is 13.9. The number of hydrogen-bond acceptors (Lipinski definition) is 12. The van der Waals surface area contributed by atoms with Crippen LogP contribution in [0.4, 0.5) is 17.3 Å². The molecule has 4 N–H and O–H groups in total. The molecule has 4 rings (SSSR count). The largest absolute Gasteiger partial charge is 0.436 e. The summed E-state index contributed by atoms with van der Waals surface area (Å²) in [6.45, 7) is 4.78. The number of aldehydes is 1. The highest BCUT2D eigenvalue weighted by Crippen LogP contribution is 2.41. The number of benzene rings is 1. The van der Waals surface area contributed by atoms with Crippen LogP contribution in [-0.2, 0) is 14.1 Å². The van der Waals surface area contributed by atoms with Crippen molar-refractivity contribution in [2.75, 3.05) is 35.2 Å². The van der Waals surface area contributed by atoms with Gasteiger partial charge in [0.2, 0.25) is 0 Å². The van der Waals surface area contributed by atoms with Crippen LogP contribution >= 0.6 is 32.1 Å². The minimum Gasteiger partial charge on any atom is -0.436 e. The number of anilines is 3. The van der Waals surface area contributed by atoms with Gasteiger partial charge in [0.1, 0.15) is 30.3 Å². The summed E-state index contributed by atoms with van der Waals surface area (Å²) in [6, 6.07) is 6.58. The van der Waals surface area contributed by atoms with Crippen LogP contribution in [0.5, 0.6) is 5.75 Å². The monoisotopic (exact) mass is 541 g/mol. The van der Waals surface area contributed by atoms with Crippen LogP contribution in [-0.4, -0.2) is 54.2 Å². The number of fused-ring (bicyclic) bond motifs is 1. The summed E-state index contributed by atoms with van der Waals surface area (Å²) in [5.74, 6) is 2.32. The van der Waals surface area contributed by atoms with E-state index in [0.717, 1.165) is 24.2 Å². The van der Waals surface area contributed by atoms with E-state index in [2.05, 4.69) is 42.5 Å². The molecule has 5 unspecified atom stereocenters. The molecule has 0 amide bonds. The zero-order valence-electron chi connectivity index (χ0n) is 19.6. The third-order valence-electron chi connectivity index (χ3n) is 5.45. The minimum absolute atomic E-state index is 0.135. The lowest BCUT2D eigenvalue weighted by Crippen LogP contribution is -2.39. The molecule has 0 radical (unpaired) electrons. The molecule has 11 nitrogen and oxygen atoms in total. The van der Waals surface area contributed by atoms with Crippen molar-refractivity contribution < 1.29 is 18.6 Å². The van der Waals surface area contributed by atoms with Gasteiger partial charge in [-0.05, 0) is 43.9 Å². The first-order valence-electron chi connectivity index (χ1n) is 11.1. The molecule has 0 spiro atoms. The Morgan fingerprint density at radius 3 is 2.94 bits per heavy atom. The Labute approximate surface area is 215 Å². The predicted octanol–water partition coefficient (Wildman–Crippen LogP) is 3.76. The third-order valence-corrected chi connectivity index (χ3v) is 7.39. The quantitative estimate of drug-likeness (QED) is 0.135. The van der Waals surface area contributed by atoms with Crippen LogP contribution in [0.3, 0.4) is 0 Å². The predicted molar refractivity (Wildman–Crippen MR) is 139 cm³/mol. The van der Waals surface area contributed by atoms with Gasteiger partial charge in [-0.3, -0.25) is 5.43 Å². The second-order valence-electron chi connectivity index (χ2n) is 8.17. The zero-order chi connectivity index (χ0) is 24.8. The number of rotatable bonds is 12. The molecule has 5 atom stereocenters. The van der Waals surface area contributed by atoms with Crippen LogP contribution in [0.2, 0.25) is 5.02 Å². The van der Waals surface area contributed by atoms with E-state index in [1.807, 2.05) is 6.26 Å². The molecule has 1 saturated heterocycles. The Hall–Kier alpha value is -1.92. The fourth-order valence-corrected chi connectivity index (χ4v) is 5.35. The highest BCUT2D eigenvalue weighted by atomic mass is 35.5. The lowest BCUT2D eigenvalue weighted by molar-refractivity contribution is -0.108. The molecule has 0 saturated carbocycles. The van der Waals surface area contributed by atoms with E-state index in [-0.39, 0.29) is 18.2 Å². The van der Waals surface area contributed by atoms with E-state index in [9.17, 15) is 4.79 Å². The van der Waals surface area contributed by atoms with E-state index in [0.29, 0.717) is 29.9 Å². The van der Waals surface area contributed by atoms with Gasteiger partial charge in [-0.1, -0.05) is 30.5 Å². The summed E-state index contributed by atoms with van der Waals surface area (Å²) < 4.78 is 18.4. The SMILES string of the molecule is CSNNc1ncnc2c1NCN2C1OC(COP(NC(C)C=O)Oc2ccc(Cl)cc2)CC1C. The Morgan fingerprint density at radius 2 is 2.20 bits per heavy atom. The number of hydrazine groups is 1. The second-order valence-corrected chi connectivity index (χ2v) is 10.4. The molecular weight excluding hydrogens is 513 g/mol. The average molecular weight is 542 g/mol. The highest BCUT2D eigenvalue weighted by molar-refractivity contribution is 7.96. The molecule has 190 valence electrons. The van der Waals surface area contributed by atoms with Crippen molar-refractivity contribution in [3.05, 3.63) is 35.6 Å². The van der Waals surface area contributed by atoms with Crippen molar-refractivity contribution in [1.82, 2.24) is 19.9 Å². The van der Waals surface area contributed by atoms with Crippen molar-refractivity contribution in [3.63, 3.8) is 0 Å². The van der Waals surface area contributed by atoms with Gasteiger partial charge in [0.15, 0.2) is 11.6 Å². The molecule has 1 aromatic heterocycles. The molecule has 2 aliphatic heterocycles. The van der Waals surface area contributed by atoms with Crippen LogP contribution in [0.25, 0.3) is 0 Å². The van der Waals surface area contributed by atoms with Crippen LogP contribution in [0.1, 0.15) is 20.3 Å². The molecule has 1 fully saturated rings. The van der Waals surface area contributed by atoms with E-state index >= 15 is 0 Å². The second kappa shape index (κ2) is 12.4. The van der Waals surface area contributed by atoms with Gasteiger partial charge in [-0.25, -0.2) is 15.1 Å². The molecule has 2 aromatic rings. The van der Waals surface area contributed by atoms with E-state index in [4.69, 9.17) is 25.4 Å². The fourth-order valence-electron chi connectivity index (χ4n) is 3.84. The van der Waals surface area contributed by atoms with E-state index in [1.54, 1.807) is 31.2 Å². The Bertz CT molecular complexity index is 995. The number of aromatic nitrogens is 2. The van der Waals surface area contributed by atoms with Gasteiger partial charge in [0.25, 0.3) is 0 Å². The first-order chi connectivity index (χ1) is 17.0. The summed E-state index contributed by atoms with van der Waals surface area (Å²) in [6.07, 6.45) is 4.78. The Kier molecular flexibility index (Phi) is 9.23. The standard InChI is InChI=1S/C21H29ClN7O4PS/c1-13-8-17(10-31-34(27-14(2)9-30)33-16-6-4-15(22)5-7-16)32-21(13)29-12-25-18-19(26-28-35-3)23-11-24-20(18)29/h4-7,9,11,13-14,17,21,25,27-28H,8,10,12H2,1-3H3,(H,23,24,26). The maximum Gasteiger partial charge on any atom is 0.318 e. The zero-order valence-corrected chi connectivity index (χ0v) is 22.1. The Balaban J connectivity index is 1.37. The van der Waals surface area contributed by atoms with Gasteiger partial charge >= 0.3 is 8.53 Å². The van der Waals surface area contributed by atoms with Gasteiger partial charge < -0.3 is 28.8 Å². The number of hydrogen-bond donors (Lipinski definition) is 4. The highest BCUT2D eigenvalue weighted by Gasteiger charge is 2.40. The van der Waals surface area contributed by atoms with Crippen LogP contribution < -0.4 is 30.1 Å². The number of ether oxygens (including phenoxy) is 1. The Morgan fingerprint density at radius 1 is 1.40 bits per heavy atom. The third kappa shape index (κ3) is 6.65. The topological polar surface area (TPSA) is 122 Å². The lowest BCUT2D eigenvalue weighted by atomic mass is 10.1. The minimum atomic E-state index is -1.57. The first kappa shape index (κ1) is 26.2. The lowest BCUT2D eigenvalue weighted by Gasteiger charge is -2.27. The van der Waals surface area contributed by atoms with Crippen molar-refractivity contribution in [3.8, 4) is 5.75 Å².